The van der Waals surface area contributed by atoms with Gasteiger partial charge in [-0.05, 0) is 23.5 Å². The minimum atomic E-state index is 0.215. The first kappa shape index (κ1) is 9.45. The normalized spacial score (nSPS) is 14.6. The average Bonchev–Trinajstić information content (AvgIpc) is 2.47. The van der Waals surface area contributed by atoms with Crippen molar-refractivity contribution < 1.29 is 0 Å². The van der Waals surface area contributed by atoms with Gasteiger partial charge in [0, 0.05) is 11.8 Å². The van der Waals surface area contributed by atoms with Gasteiger partial charge in [-0.1, -0.05) is 38.5 Å². The Morgan fingerprint density at radius 3 is 2.57 bits per heavy atom. The van der Waals surface area contributed by atoms with Crippen LogP contribution in [0.1, 0.15) is 43.0 Å². The second-order valence-electron chi connectivity index (χ2n) is 5.11. The zero-order chi connectivity index (χ0) is 10.3. The highest BCUT2D eigenvalue weighted by molar-refractivity contribution is 5.87. The summed E-state index contributed by atoms with van der Waals surface area (Å²) in [4.78, 5) is 4.34. The van der Waals surface area contributed by atoms with E-state index in [1.165, 1.54) is 22.3 Å². The first-order chi connectivity index (χ1) is 6.48. The summed E-state index contributed by atoms with van der Waals surface area (Å²) >= 11 is 0. The van der Waals surface area contributed by atoms with Crippen LogP contribution in [0.5, 0.6) is 0 Å². The molecule has 0 spiro atoms. The quantitative estimate of drug-likeness (QED) is 0.591. The summed E-state index contributed by atoms with van der Waals surface area (Å²) in [5, 5.41) is 0. The summed E-state index contributed by atoms with van der Waals surface area (Å²) in [6, 6.07) is 4.54. The monoisotopic (exact) mass is 187 g/mol. The Balaban J connectivity index is 2.65. The number of benzene rings is 1. The zero-order valence-corrected chi connectivity index (χ0v) is 9.39. The van der Waals surface area contributed by atoms with Crippen LogP contribution in [0.4, 0.5) is 0 Å². The number of hydrogen-bond donors (Lipinski definition) is 0. The molecule has 0 saturated carbocycles. The van der Waals surface area contributed by atoms with Gasteiger partial charge in [0.15, 0.2) is 0 Å². The number of aryl methyl sites for hydroxylation is 1. The number of nitrogens with zero attached hydrogens (tertiary/aromatic N) is 1. The number of rotatable bonds is 0. The van der Waals surface area contributed by atoms with E-state index in [-0.39, 0.29) is 5.41 Å². The van der Waals surface area contributed by atoms with Crippen LogP contribution in [0.15, 0.2) is 17.1 Å². The standard InChI is InChI=1S/C13H17N/c1-9-5-10-7-14-8-11(10)12(6-9)13(2,3)4/h5-6,8H,7H2,1-4H3. The molecule has 0 aliphatic carbocycles. The van der Waals surface area contributed by atoms with Gasteiger partial charge in [0.25, 0.3) is 0 Å². The lowest BCUT2D eigenvalue weighted by Crippen LogP contribution is -2.14. The van der Waals surface area contributed by atoms with E-state index < -0.39 is 0 Å². The molecule has 74 valence electrons. The number of hydrogen-bond acceptors (Lipinski definition) is 1. The molecule has 1 heteroatoms. The van der Waals surface area contributed by atoms with Crippen molar-refractivity contribution in [1.29, 1.82) is 0 Å². The van der Waals surface area contributed by atoms with E-state index in [0.717, 1.165) is 6.54 Å². The van der Waals surface area contributed by atoms with Gasteiger partial charge < -0.3 is 0 Å². The molecule has 0 saturated heterocycles. The topological polar surface area (TPSA) is 12.4 Å². The maximum absolute atomic E-state index is 4.34. The van der Waals surface area contributed by atoms with E-state index in [9.17, 15) is 0 Å². The lowest BCUT2D eigenvalue weighted by molar-refractivity contribution is 0.588. The third-order valence-electron chi connectivity index (χ3n) is 2.70. The van der Waals surface area contributed by atoms with Gasteiger partial charge in [-0.3, -0.25) is 4.99 Å². The summed E-state index contributed by atoms with van der Waals surface area (Å²) in [7, 11) is 0. The molecule has 0 bridgehead atoms. The van der Waals surface area contributed by atoms with Crippen LogP contribution in [0.3, 0.4) is 0 Å². The van der Waals surface area contributed by atoms with E-state index in [1.54, 1.807) is 0 Å². The van der Waals surface area contributed by atoms with Gasteiger partial charge >= 0.3 is 0 Å². The van der Waals surface area contributed by atoms with Crippen molar-refractivity contribution in [3.63, 3.8) is 0 Å². The Kier molecular flexibility index (Phi) is 1.99. The Hall–Kier alpha value is -1.11. The summed E-state index contributed by atoms with van der Waals surface area (Å²) in [5.74, 6) is 0. The van der Waals surface area contributed by atoms with Crippen molar-refractivity contribution in [2.24, 2.45) is 4.99 Å². The highest BCUT2D eigenvalue weighted by Gasteiger charge is 2.21. The largest absolute Gasteiger partial charge is 0.288 e. The number of fused-ring (bicyclic) bond motifs is 1. The predicted molar refractivity (Wildman–Crippen MR) is 61.2 cm³/mol. The van der Waals surface area contributed by atoms with Gasteiger partial charge in [-0.25, -0.2) is 0 Å². The molecule has 1 aliphatic heterocycles. The fourth-order valence-electron chi connectivity index (χ4n) is 2.01. The molecule has 0 fully saturated rings. The Labute approximate surface area is 85.9 Å². The smallest absolute Gasteiger partial charge is 0.0646 e. The van der Waals surface area contributed by atoms with E-state index in [0.29, 0.717) is 0 Å². The molecule has 0 radical (unpaired) electrons. The molecule has 1 heterocycles. The summed E-state index contributed by atoms with van der Waals surface area (Å²) in [5.41, 5.74) is 5.72. The first-order valence-corrected chi connectivity index (χ1v) is 5.12. The van der Waals surface area contributed by atoms with Gasteiger partial charge in [0.2, 0.25) is 0 Å². The third-order valence-corrected chi connectivity index (χ3v) is 2.70. The van der Waals surface area contributed by atoms with Crippen molar-refractivity contribution in [1.82, 2.24) is 0 Å². The predicted octanol–water partition coefficient (Wildman–Crippen LogP) is 3.23. The minimum Gasteiger partial charge on any atom is -0.288 e. The molecule has 2 rings (SSSR count). The maximum Gasteiger partial charge on any atom is 0.0646 e. The van der Waals surface area contributed by atoms with Crippen LogP contribution in [-0.4, -0.2) is 6.21 Å². The Bertz CT molecular complexity index is 394. The van der Waals surface area contributed by atoms with Crippen LogP contribution in [0.25, 0.3) is 0 Å². The van der Waals surface area contributed by atoms with E-state index in [2.05, 4.69) is 44.8 Å². The highest BCUT2D eigenvalue weighted by atomic mass is 14.7. The van der Waals surface area contributed by atoms with Gasteiger partial charge in [0.1, 0.15) is 0 Å². The van der Waals surface area contributed by atoms with Gasteiger partial charge in [-0.15, -0.1) is 0 Å². The Morgan fingerprint density at radius 1 is 1.21 bits per heavy atom. The molecule has 0 unspecified atom stereocenters. The molecular formula is C13H17N. The lowest BCUT2D eigenvalue weighted by atomic mass is 9.82. The van der Waals surface area contributed by atoms with Crippen LogP contribution < -0.4 is 0 Å². The third kappa shape index (κ3) is 1.47. The van der Waals surface area contributed by atoms with Crippen LogP contribution in [0.2, 0.25) is 0 Å². The summed E-state index contributed by atoms with van der Waals surface area (Å²) in [6.07, 6.45) is 2.02. The second kappa shape index (κ2) is 2.94. The van der Waals surface area contributed by atoms with Crippen molar-refractivity contribution in [3.05, 3.63) is 34.4 Å². The molecule has 1 aromatic carbocycles. The van der Waals surface area contributed by atoms with E-state index in [1.807, 2.05) is 6.21 Å². The zero-order valence-electron chi connectivity index (χ0n) is 9.39. The maximum atomic E-state index is 4.34. The van der Waals surface area contributed by atoms with E-state index >= 15 is 0 Å². The molecule has 0 aromatic heterocycles. The molecular weight excluding hydrogens is 170 g/mol. The van der Waals surface area contributed by atoms with Crippen molar-refractivity contribution in [3.8, 4) is 0 Å². The fourth-order valence-corrected chi connectivity index (χ4v) is 2.01. The molecule has 1 aromatic rings. The average molecular weight is 187 g/mol. The minimum absolute atomic E-state index is 0.215. The summed E-state index contributed by atoms with van der Waals surface area (Å²) < 4.78 is 0. The van der Waals surface area contributed by atoms with Crippen molar-refractivity contribution in [2.75, 3.05) is 0 Å². The SMILES string of the molecule is Cc1cc2c(c(C(C)(C)C)c1)C=NC2. The van der Waals surface area contributed by atoms with Gasteiger partial charge in [-0.2, -0.15) is 0 Å². The van der Waals surface area contributed by atoms with Crippen molar-refractivity contribution in [2.45, 2.75) is 39.7 Å². The molecule has 1 nitrogen and oxygen atoms in total. The van der Waals surface area contributed by atoms with Crippen LogP contribution in [0, 0.1) is 6.92 Å². The molecule has 0 amide bonds. The van der Waals surface area contributed by atoms with E-state index in [4.69, 9.17) is 0 Å². The second-order valence-corrected chi connectivity index (χ2v) is 5.11. The summed E-state index contributed by atoms with van der Waals surface area (Å²) in [6.45, 7) is 9.80. The Morgan fingerprint density at radius 2 is 1.93 bits per heavy atom. The molecule has 0 N–H and O–H groups in total. The lowest BCUT2D eigenvalue weighted by Gasteiger charge is -2.22. The molecule has 14 heavy (non-hydrogen) atoms. The van der Waals surface area contributed by atoms with Gasteiger partial charge in [0.05, 0.1) is 6.54 Å². The van der Waals surface area contributed by atoms with Crippen molar-refractivity contribution >= 4 is 6.21 Å². The van der Waals surface area contributed by atoms with Crippen LogP contribution in [-0.2, 0) is 12.0 Å². The number of aliphatic imine (C=N–C) groups is 1. The highest BCUT2D eigenvalue weighted by Crippen LogP contribution is 2.30. The first-order valence-electron chi connectivity index (χ1n) is 5.12. The molecule has 0 atom stereocenters. The van der Waals surface area contributed by atoms with Crippen LogP contribution >= 0.6 is 0 Å². The fraction of sp³-hybridized carbons (Fsp3) is 0.462. The molecule has 1 aliphatic rings.